The molecule has 31 heavy (non-hydrogen) atoms. The third-order valence-corrected chi connectivity index (χ3v) is 4.97. The molecule has 0 heterocycles. The predicted molar refractivity (Wildman–Crippen MR) is 117 cm³/mol. The van der Waals surface area contributed by atoms with E-state index in [-0.39, 0.29) is 12.6 Å². The molecule has 0 saturated heterocycles. The first kappa shape index (κ1) is 26.6. The van der Waals surface area contributed by atoms with Gasteiger partial charge in [0.1, 0.15) is 5.75 Å². The Morgan fingerprint density at radius 3 is 2.39 bits per heavy atom. The van der Waals surface area contributed by atoms with Crippen molar-refractivity contribution in [3.8, 4) is 5.75 Å². The molecule has 0 aliphatic heterocycles. The molecule has 0 spiro atoms. The molecule has 0 aromatic heterocycles. The SMILES string of the molecule is COC(=O)/C=C/c1cc(OCCCC(=O)OC)ccc1CCCCCCOS(C)(=O)=O. The Hall–Kier alpha value is -2.39. The summed E-state index contributed by atoms with van der Waals surface area (Å²) in [6, 6.07) is 5.68. The van der Waals surface area contributed by atoms with Gasteiger partial charge in [-0.05, 0) is 55.0 Å². The maximum Gasteiger partial charge on any atom is 0.330 e. The standard InChI is InChI=1S/C22H32O8S/c1-27-21(23)10-8-15-29-20-13-11-18(19(17-20)12-14-22(24)28-2)9-6-4-5-7-16-30-31(3,25)26/h11-14,17H,4-10,15-16H2,1-3H3/b14-12+. The van der Waals surface area contributed by atoms with Crippen LogP contribution in [0.1, 0.15) is 49.7 Å². The normalized spacial score (nSPS) is 11.5. The number of esters is 2. The summed E-state index contributed by atoms with van der Waals surface area (Å²) in [5, 5.41) is 0. The highest BCUT2D eigenvalue weighted by molar-refractivity contribution is 7.85. The molecule has 0 aliphatic rings. The summed E-state index contributed by atoms with van der Waals surface area (Å²) in [7, 11) is -0.706. The first-order valence-corrected chi connectivity index (χ1v) is 12.0. The molecule has 0 aliphatic carbocycles. The van der Waals surface area contributed by atoms with E-state index in [0.717, 1.165) is 43.1 Å². The van der Waals surface area contributed by atoms with Crippen LogP contribution in [0.4, 0.5) is 0 Å². The largest absolute Gasteiger partial charge is 0.494 e. The third-order valence-electron chi connectivity index (χ3n) is 4.38. The lowest BCUT2D eigenvalue weighted by Gasteiger charge is -2.11. The van der Waals surface area contributed by atoms with Gasteiger partial charge in [-0.3, -0.25) is 8.98 Å². The van der Waals surface area contributed by atoms with Gasteiger partial charge >= 0.3 is 11.9 Å². The fourth-order valence-electron chi connectivity index (χ4n) is 2.76. The van der Waals surface area contributed by atoms with E-state index in [1.807, 2.05) is 18.2 Å². The van der Waals surface area contributed by atoms with Gasteiger partial charge in [0.15, 0.2) is 0 Å². The number of hydrogen-bond donors (Lipinski definition) is 0. The van der Waals surface area contributed by atoms with Crippen LogP contribution >= 0.6 is 0 Å². The van der Waals surface area contributed by atoms with Gasteiger partial charge in [-0.25, -0.2) is 4.79 Å². The van der Waals surface area contributed by atoms with E-state index in [9.17, 15) is 18.0 Å². The number of rotatable bonds is 15. The van der Waals surface area contributed by atoms with E-state index in [4.69, 9.17) is 8.92 Å². The average Bonchev–Trinajstić information content (AvgIpc) is 2.74. The molecule has 1 aromatic rings. The smallest absolute Gasteiger partial charge is 0.330 e. The molecule has 0 fully saturated rings. The third kappa shape index (κ3) is 12.8. The molecule has 1 rings (SSSR count). The van der Waals surface area contributed by atoms with Crippen LogP contribution in [0, 0.1) is 0 Å². The van der Waals surface area contributed by atoms with Crippen LogP contribution < -0.4 is 4.74 Å². The molecule has 0 saturated carbocycles. The minimum absolute atomic E-state index is 0.202. The summed E-state index contributed by atoms with van der Waals surface area (Å²) in [6.07, 6.45) is 9.13. The van der Waals surface area contributed by atoms with E-state index in [1.165, 1.54) is 20.3 Å². The van der Waals surface area contributed by atoms with Crippen molar-refractivity contribution >= 4 is 28.1 Å². The zero-order chi connectivity index (χ0) is 23.1. The Labute approximate surface area is 184 Å². The van der Waals surface area contributed by atoms with Crippen LogP contribution in [0.3, 0.4) is 0 Å². The lowest BCUT2D eigenvalue weighted by atomic mass is 10.00. The van der Waals surface area contributed by atoms with E-state index in [0.29, 0.717) is 31.6 Å². The van der Waals surface area contributed by atoms with E-state index < -0.39 is 16.1 Å². The second-order valence-electron chi connectivity index (χ2n) is 6.94. The molecule has 174 valence electrons. The summed E-state index contributed by atoms with van der Waals surface area (Å²) in [5.41, 5.74) is 1.92. The van der Waals surface area contributed by atoms with Crippen LogP contribution in [0.5, 0.6) is 5.75 Å². The number of unbranched alkanes of at least 4 members (excludes halogenated alkanes) is 3. The zero-order valence-electron chi connectivity index (χ0n) is 18.4. The molecule has 9 heteroatoms. The Kier molecular flexibility index (Phi) is 12.5. The van der Waals surface area contributed by atoms with Crippen molar-refractivity contribution in [1.29, 1.82) is 0 Å². The summed E-state index contributed by atoms with van der Waals surface area (Å²) in [5.74, 6) is -0.0687. The molecule has 0 amide bonds. The maximum atomic E-state index is 11.5. The highest BCUT2D eigenvalue weighted by Gasteiger charge is 2.06. The molecule has 1 aromatic carbocycles. The van der Waals surface area contributed by atoms with Gasteiger partial charge < -0.3 is 14.2 Å². The summed E-state index contributed by atoms with van der Waals surface area (Å²) in [4.78, 5) is 22.6. The minimum Gasteiger partial charge on any atom is -0.494 e. The molecule has 0 N–H and O–H groups in total. The van der Waals surface area contributed by atoms with Crippen molar-refractivity contribution in [3.63, 3.8) is 0 Å². The molecule has 0 bridgehead atoms. The van der Waals surface area contributed by atoms with Gasteiger partial charge in [0.2, 0.25) is 0 Å². The van der Waals surface area contributed by atoms with Crippen molar-refractivity contribution in [2.24, 2.45) is 0 Å². The van der Waals surface area contributed by atoms with E-state index >= 15 is 0 Å². The summed E-state index contributed by atoms with van der Waals surface area (Å²) >= 11 is 0. The van der Waals surface area contributed by atoms with E-state index in [2.05, 4.69) is 9.47 Å². The topological polar surface area (TPSA) is 105 Å². The van der Waals surface area contributed by atoms with Crippen molar-refractivity contribution in [2.75, 3.05) is 33.7 Å². The first-order chi connectivity index (χ1) is 14.7. The zero-order valence-corrected chi connectivity index (χ0v) is 19.2. The van der Waals surface area contributed by atoms with Crippen LogP contribution in [0.2, 0.25) is 0 Å². The predicted octanol–water partition coefficient (Wildman–Crippen LogP) is 3.28. The van der Waals surface area contributed by atoms with Gasteiger partial charge in [-0.15, -0.1) is 0 Å². The average molecular weight is 457 g/mol. The molecule has 8 nitrogen and oxygen atoms in total. The number of hydrogen-bond acceptors (Lipinski definition) is 8. The first-order valence-electron chi connectivity index (χ1n) is 10.2. The van der Waals surface area contributed by atoms with Crippen molar-refractivity contribution in [2.45, 2.75) is 44.9 Å². The Bertz CT molecular complexity index is 830. The Balaban J connectivity index is 2.60. The molecular weight excluding hydrogens is 424 g/mol. The molecular formula is C22H32O8S. The Morgan fingerprint density at radius 1 is 0.968 bits per heavy atom. The number of benzene rings is 1. The highest BCUT2D eigenvalue weighted by Crippen LogP contribution is 2.22. The number of methoxy groups -OCH3 is 2. The van der Waals surface area contributed by atoms with Crippen LogP contribution in [0.25, 0.3) is 6.08 Å². The second kappa shape index (κ2) is 14.6. The number of ether oxygens (including phenoxy) is 3. The van der Waals surface area contributed by atoms with Gasteiger partial charge in [0, 0.05) is 12.5 Å². The summed E-state index contributed by atoms with van der Waals surface area (Å²) < 4.78 is 41.6. The molecule has 0 atom stereocenters. The second-order valence-corrected chi connectivity index (χ2v) is 8.58. The van der Waals surface area contributed by atoms with Crippen LogP contribution in [-0.2, 0) is 39.8 Å². The number of carbonyl (C=O) groups excluding carboxylic acids is 2. The minimum atomic E-state index is -3.38. The van der Waals surface area contributed by atoms with Crippen molar-refractivity contribution in [1.82, 2.24) is 0 Å². The van der Waals surface area contributed by atoms with Gasteiger partial charge in [-0.1, -0.05) is 18.9 Å². The molecule has 0 radical (unpaired) electrons. The fourth-order valence-corrected chi connectivity index (χ4v) is 3.18. The monoisotopic (exact) mass is 456 g/mol. The van der Waals surface area contributed by atoms with Crippen LogP contribution in [0.15, 0.2) is 24.3 Å². The van der Waals surface area contributed by atoms with E-state index in [1.54, 1.807) is 6.08 Å². The van der Waals surface area contributed by atoms with Gasteiger partial charge in [0.05, 0.1) is 33.7 Å². The quantitative estimate of drug-likeness (QED) is 0.171. The summed E-state index contributed by atoms with van der Waals surface area (Å²) in [6.45, 7) is 0.581. The lowest BCUT2D eigenvalue weighted by Crippen LogP contribution is -2.05. The Morgan fingerprint density at radius 2 is 1.71 bits per heavy atom. The number of carbonyl (C=O) groups is 2. The van der Waals surface area contributed by atoms with Crippen molar-refractivity contribution < 1.29 is 36.4 Å². The molecule has 0 unspecified atom stereocenters. The number of aryl methyl sites for hydroxylation is 1. The van der Waals surface area contributed by atoms with Gasteiger partial charge in [0.25, 0.3) is 10.1 Å². The van der Waals surface area contributed by atoms with Crippen LogP contribution in [-0.4, -0.2) is 54.0 Å². The maximum absolute atomic E-state index is 11.5. The van der Waals surface area contributed by atoms with Crippen molar-refractivity contribution in [3.05, 3.63) is 35.4 Å². The lowest BCUT2D eigenvalue weighted by molar-refractivity contribution is -0.140. The highest BCUT2D eigenvalue weighted by atomic mass is 32.2. The van der Waals surface area contributed by atoms with Gasteiger partial charge in [-0.2, -0.15) is 8.42 Å². The fraction of sp³-hybridized carbons (Fsp3) is 0.545.